The molecule has 0 radical (unpaired) electrons. The molecule has 0 aromatic carbocycles. The highest BCUT2D eigenvalue weighted by Gasteiger charge is 2.32. The summed E-state index contributed by atoms with van der Waals surface area (Å²) in [5.74, 6) is 0.815. The largest absolute Gasteiger partial charge is 0.369 e. The van der Waals surface area contributed by atoms with E-state index in [2.05, 4.69) is 14.9 Å². The number of nitrogens with one attached hydrogen (secondary N) is 1. The molecule has 0 saturated carbocycles. The minimum Gasteiger partial charge on any atom is -0.369 e. The number of nitrogens with two attached hydrogens (primary N) is 1. The molecule has 2 unspecified atom stereocenters. The number of carbonyl (C=O) groups excluding carboxylic acids is 2. The Labute approximate surface area is 158 Å². The minimum atomic E-state index is -0.261. The maximum absolute atomic E-state index is 13.0. The lowest BCUT2D eigenvalue weighted by atomic mass is 9.80. The Balaban J connectivity index is 1.42. The molecule has 3 N–H and O–H groups in total. The second kappa shape index (κ2) is 7.68. The number of H-pyrrole nitrogens is 1. The molecule has 27 heavy (non-hydrogen) atoms. The Kier molecular flexibility index (Phi) is 5.11. The predicted molar refractivity (Wildman–Crippen MR) is 103 cm³/mol. The first-order valence-corrected chi connectivity index (χ1v) is 9.83. The van der Waals surface area contributed by atoms with Gasteiger partial charge in [-0.15, -0.1) is 0 Å². The molecule has 2 aromatic heterocycles. The standard InChI is InChI=1S/C20H27N5O2/c21-19(26)13-24-7-1-3-14(11-24)15-4-2-8-25(12-15)20(27)16-9-18-17(23-10-16)5-6-22-18/h5-6,9-10,14-15,22H,1-4,7-8,11-13H2,(H2,21,26). The Bertz CT molecular complexity index is 833. The van der Waals surface area contributed by atoms with Gasteiger partial charge in [0.25, 0.3) is 5.91 Å². The molecular weight excluding hydrogens is 342 g/mol. The van der Waals surface area contributed by atoms with Crippen LogP contribution in [0, 0.1) is 11.8 Å². The number of fused-ring (bicyclic) bond motifs is 1. The smallest absolute Gasteiger partial charge is 0.255 e. The van der Waals surface area contributed by atoms with Gasteiger partial charge in [-0.3, -0.25) is 19.5 Å². The molecule has 0 aliphatic carbocycles. The van der Waals surface area contributed by atoms with Crippen molar-refractivity contribution in [3.05, 3.63) is 30.1 Å². The van der Waals surface area contributed by atoms with E-state index in [1.165, 1.54) is 0 Å². The molecule has 4 heterocycles. The maximum atomic E-state index is 13.0. The van der Waals surface area contributed by atoms with Crippen molar-refractivity contribution in [3.8, 4) is 0 Å². The molecule has 4 rings (SSSR count). The van der Waals surface area contributed by atoms with Gasteiger partial charge in [-0.1, -0.05) is 0 Å². The Morgan fingerprint density at radius 2 is 1.96 bits per heavy atom. The normalized spacial score (nSPS) is 24.2. The highest BCUT2D eigenvalue weighted by atomic mass is 16.2. The number of hydrogen-bond acceptors (Lipinski definition) is 4. The summed E-state index contributed by atoms with van der Waals surface area (Å²) in [7, 11) is 0. The zero-order chi connectivity index (χ0) is 18.8. The highest BCUT2D eigenvalue weighted by molar-refractivity contribution is 5.96. The van der Waals surface area contributed by atoms with Crippen molar-refractivity contribution in [2.24, 2.45) is 17.6 Å². The van der Waals surface area contributed by atoms with E-state index in [4.69, 9.17) is 5.73 Å². The molecular formula is C20H27N5O2. The third kappa shape index (κ3) is 3.98. The van der Waals surface area contributed by atoms with Gasteiger partial charge in [-0.2, -0.15) is 0 Å². The maximum Gasteiger partial charge on any atom is 0.255 e. The van der Waals surface area contributed by atoms with E-state index in [9.17, 15) is 9.59 Å². The van der Waals surface area contributed by atoms with Crippen LogP contribution >= 0.6 is 0 Å². The number of piperidine rings is 2. The fraction of sp³-hybridized carbons (Fsp3) is 0.550. The lowest BCUT2D eigenvalue weighted by Gasteiger charge is -2.41. The first-order chi connectivity index (χ1) is 13.1. The second-order valence-corrected chi connectivity index (χ2v) is 7.89. The van der Waals surface area contributed by atoms with Crippen LogP contribution in [0.3, 0.4) is 0 Å². The van der Waals surface area contributed by atoms with Crippen LogP contribution < -0.4 is 5.73 Å². The molecule has 0 spiro atoms. The van der Waals surface area contributed by atoms with Crippen molar-refractivity contribution >= 4 is 22.8 Å². The Hall–Kier alpha value is -2.41. The van der Waals surface area contributed by atoms with Crippen LogP contribution in [0.15, 0.2) is 24.5 Å². The van der Waals surface area contributed by atoms with Crippen LogP contribution in [0.25, 0.3) is 11.0 Å². The zero-order valence-electron chi connectivity index (χ0n) is 15.6. The molecule has 7 nitrogen and oxygen atoms in total. The van der Waals surface area contributed by atoms with Crippen LogP contribution in [0.5, 0.6) is 0 Å². The number of likely N-dealkylation sites (tertiary alicyclic amines) is 2. The summed E-state index contributed by atoms with van der Waals surface area (Å²) in [4.78, 5) is 35.9. The topological polar surface area (TPSA) is 95.3 Å². The van der Waals surface area contributed by atoms with Gasteiger partial charge >= 0.3 is 0 Å². The molecule has 0 bridgehead atoms. The summed E-state index contributed by atoms with van der Waals surface area (Å²) in [6, 6.07) is 3.80. The van der Waals surface area contributed by atoms with Gasteiger partial charge in [-0.05, 0) is 56.2 Å². The van der Waals surface area contributed by atoms with Crippen LogP contribution in [0.2, 0.25) is 0 Å². The first kappa shape index (κ1) is 18.0. The SMILES string of the molecule is NC(=O)CN1CCCC(C2CCCN(C(=O)c3cnc4cc[nH]c4c3)C2)C1. The number of aromatic nitrogens is 2. The number of amides is 2. The van der Waals surface area contributed by atoms with Gasteiger partial charge in [-0.25, -0.2) is 0 Å². The second-order valence-electron chi connectivity index (χ2n) is 7.89. The van der Waals surface area contributed by atoms with E-state index in [0.717, 1.165) is 62.9 Å². The average Bonchev–Trinajstić information content (AvgIpc) is 3.15. The van der Waals surface area contributed by atoms with Crippen LogP contribution in [0.4, 0.5) is 0 Å². The monoisotopic (exact) mass is 369 g/mol. The molecule has 2 amide bonds. The number of nitrogens with zero attached hydrogens (tertiary/aromatic N) is 3. The summed E-state index contributed by atoms with van der Waals surface area (Å²) in [5.41, 5.74) is 7.77. The minimum absolute atomic E-state index is 0.0634. The van der Waals surface area contributed by atoms with Crippen molar-refractivity contribution in [2.45, 2.75) is 25.7 Å². The number of carbonyl (C=O) groups is 2. The van der Waals surface area contributed by atoms with E-state index >= 15 is 0 Å². The number of aromatic amines is 1. The summed E-state index contributed by atoms with van der Waals surface area (Å²) in [6.45, 7) is 3.78. The van der Waals surface area contributed by atoms with Gasteiger partial charge < -0.3 is 15.6 Å². The van der Waals surface area contributed by atoms with E-state index in [1.807, 2.05) is 23.2 Å². The van der Waals surface area contributed by atoms with Crippen molar-refractivity contribution in [2.75, 3.05) is 32.7 Å². The van der Waals surface area contributed by atoms with Gasteiger partial charge in [0, 0.05) is 32.0 Å². The lowest BCUT2D eigenvalue weighted by molar-refractivity contribution is -0.119. The Morgan fingerprint density at radius 3 is 2.78 bits per heavy atom. The van der Waals surface area contributed by atoms with Crippen molar-refractivity contribution in [1.82, 2.24) is 19.8 Å². The third-order valence-corrected chi connectivity index (χ3v) is 5.98. The van der Waals surface area contributed by atoms with Gasteiger partial charge in [0.15, 0.2) is 0 Å². The molecule has 2 aliphatic rings. The van der Waals surface area contributed by atoms with Crippen LogP contribution in [-0.2, 0) is 4.79 Å². The predicted octanol–water partition coefficient (Wildman–Crippen LogP) is 1.61. The van der Waals surface area contributed by atoms with Gasteiger partial charge in [0.1, 0.15) is 0 Å². The van der Waals surface area contributed by atoms with E-state index in [1.54, 1.807) is 6.20 Å². The summed E-state index contributed by atoms with van der Waals surface area (Å²) >= 11 is 0. The first-order valence-electron chi connectivity index (χ1n) is 9.83. The van der Waals surface area contributed by atoms with Crippen LogP contribution in [0.1, 0.15) is 36.0 Å². The van der Waals surface area contributed by atoms with Gasteiger partial charge in [0.2, 0.25) is 5.91 Å². The van der Waals surface area contributed by atoms with E-state index in [-0.39, 0.29) is 11.8 Å². The zero-order valence-corrected chi connectivity index (χ0v) is 15.6. The summed E-state index contributed by atoms with van der Waals surface area (Å²) in [5, 5.41) is 0. The van der Waals surface area contributed by atoms with E-state index in [0.29, 0.717) is 23.9 Å². The summed E-state index contributed by atoms with van der Waals surface area (Å²) in [6.07, 6.45) is 7.95. The molecule has 2 fully saturated rings. The molecule has 2 saturated heterocycles. The van der Waals surface area contributed by atoms with Crippen molar-refractivity contribution in [3.63, 3.8) is 0 Å². The average molecular weight is 369 g/mol. The molecule has 144 valence electrons. The fourth-order valence-corrected chi connectivity index (χ4v) is 4.65. The quantitative estimate of drug-likeness (QED) is 0.856. The third-order valence-electron chi connectivity index (χ3n) is 5.98. The molecule has 2 aliphatic heterocycles. The highest BCUT2D eigenvalue weighted by Crippen LogP contribution is 2.31. The van der Waals surface area contributed by atoms with Crippen molar-refractivity contribution < 1.29 is 9.59 Å². The summed E-state index contributed by atoms with van der Waals surface area (Å²) < 4.78 is 0. The number of primary amides is 1. The number of pyridine rings is 1. The lowest BCUT2D eigenvalue weighted by Crippen LogP contribution is -2.47. The number of rotatable bonds is 4. The molecule has 2 atom stereocenters. The van der Waals surface area contributed by atoms with E-state index < -0.39 is 0 Å². The number of hydrogen-bond donors (Lipinski definition) is 2. The Morgan fingerprint density at radius 1 is 1.19 bits per heavy atom. The van der Waals surface area contributed by atoms with Crippen LogP contribution in [-0.4, -0.2) is 64.3 Å². The molecule has 2 aromatic rings. The fourth-order valence-electron chi connectivity index (χ4n) is 4.65. The van der Waals surface area contributed by atoms with Gasteiger partial charge in [0.05, 0.1) is 23.1 Å². The molecule has 7 heteroatoms. The van der Waals surface area contributed by atoms with Crippen molar-refractivity contribution in [1.29, 1.82) is 0 Å².